The minimum Gasteiger partial charge on any atom is -0.396 e. The first-order valence-electron chi connectivity index (χ1n) is 6.55. The zero-order valence-electron chi connectivity index (χ0n) is 11.8. The van der Waals surface area contributed by atoms with E-state index in [4.69, 9.17) is 5.11 Å². The number of aliphatic hydroxyl groups is 1. The van der Waals surface area contributed by atoms with Gasteiger partial charge in [0, 0.05) is 24.9 Å². The van der Waals surface area contributed by atoms with Gasteiger partial charge in [0.25, 0.3) is 0 Å². The van der Waals surface area contributed by atoms with Gasteiger partial charge < -0.3 is 10.4 Å². The van der Waals surface area contributed by atoms with E-state index < -0.39 is 9.84 Å². The van der Waals surface area contributed by atoms with Crippen molar-refractivity contribution in [3.05, 3.63) is 29.8 Å². The predicted octanol–water partition coefficient (Wildman–Crippen LogP) is 1.90. The van der Waals surface area contributed by atoms with Gasteiger partial charge in [0.2, 0.25) is 0 Å². The van der Waals surface area contributed by atoms with Crippen LogP contribution >= 0.6 is 0 Å². The fourth-order valence-electron chi connectivity index (χ4n) is 2.01. The van der Waals surface area contributed by atoms with Crippen molar-refractivity contribution >= 4 is 9.84 Å². The molecule has 5 heteroatoms. The van der Waals surface area contributed by atoms with Gasteiger partial charge in [-0.3, -0.25) is 0 Å². The van der Waals surface area contributed by atoms with Gasteiger partial charge in [0.15, 0.2) is 9.84 Å². The van der Waals surface area contributed by atoms with Crippen molar-refractivity contribution in [1.29, 1.82) is 0 Å². The summed E-state index contributed by atoms with van der Waals surface area (Å²) in [7, 11) is -3.14. The minimum absolute atomic E-state index is 0.130. The second-order valence-electron chi connectivity index (χ2n) is 4.85. The van der Waals surface area contributed by atoms with Gasteiger partial charge in [0.1, 0.15) is 0 Å². The molecule has 19 heavy (non-hydrogen) atoms. The molecule has 0 bridgehead atoms. The molecule has 0 heterocycles. The smallest absolute Gasteiger partial charge is 0.175 e. The maximum absolute atomic E-state index is 11.4. The third-order valence-electron chi connectivity index (χ3n) is 3.26. The number of hydrogen-bond acceptors (Lipinski definition) is 4. The fraction of sp³-hybridized carbons (Fsp3) is 0.571. The number of sulfone groups is 1. The second-order valence-corrected chi connectivity index (χ2v) is 6.86. The van der Waals surface area contributed by atoms with Gasteiger partial charge in [-0.2, -0.15) is 0 Å². The normalized spacial score (nSPS) is 15.2. The number of rotatable bonds is 7. The molecule has 0 aliphatic carbocycles. The van der Waals surface area contributed by atoms with Crippen molar-refractivity contribution in [2.45, 2.75) is 43.7 Å². The van der Waals surface area contributed by atoms with Gasteiger partial charge in [-0.15, -0.1) is 0 Å². The minimum atomic E-state index is -3.14. The molecule has 0 saturated heterocycles. The number of aliphatic hydroxyl groups excluding tert-OH is 1. The van der Waals surface area contributed by atoms with Crippen molar-refractivity contribution in [2.75, 3.05) is 12.9 Å². The van der Waals surface area contributed by atoms with Gasteiger partial charge in [-0.25, -0.2) is 8.42 Å². The van der Waals surface area contributed by atoms with Crippen LogP contribution in [-0.2, 0) is 9.84 Å². The Balaban J connectivity index is 2.75. The van der Waals surface area contributed by atoms with Gasteiger partial charge in [-0.05, 0) is 37.5 Å². The van der Waals surface area contributed by atoms with Crippen LogP contribution in [0.3, 0.4) is 0 Å². The molecule has 1 aromatic carbocycles. The first-order valence-corrected chi connectivity index (χ1v) is 8.44. The van der Waals surface area contributed by atoms with Crippen LogP contribution in [-0.4, -0.2) is 32.4 Å². The van der Waals surface area contributed by atoms with Crippen LogP contribution in [0.2, 0.25) is 0 Å². The van der Waals surface area contributed by atoms with E-state index in [0.717, 1.165) is 18.4 Å². The lowest BCUT2D eigenvalue weighted by molar-refractivity contribution is 0.257. The van der Waals surface area contributed by atoms with Crippen molar-refractivity contribution < 1.29 is 13.5 Å². The topological polar surface area (TPSA) is 66.4 Å². The Bertz CT molecular complexity index is 482. The highest BCUT2D eigenvalue weighted by atomic mass is 32.2. The molecular formula is C14H23NO3S. The summed E-state index contributed by atoms with van der Waals surface area (Å²) >= 11 is 0. The lowest BCUT2D eigenvalue weighted by Gasteiger charge is -2.22. The molecule has 2 N–H and O–H groups in total. The van der Waals surface area contributed by atoms with E-state index in [0.29, 0.717) is 4.90 Å². The van der Waals surface area contributed by atoms with E-state index in [1.807, 2.05) is 19.1 Å². The quantitative estimate of drug-likeness (QED) is 0.803. The van der Waals surface area contributed by atoms with Gasteiger partial charge in [0.05, 0.1) is 4.90 Å². The monoisotopic (exact) mass is 285 g/mol. The van der Waals surface area contributed by atoms with Crippen molar-refractivity contribution in [3.8, 4) is 0 Å². The fourth-order valence-corrected chi connectivity index (χ4v) is 2.65. The van der Waals surface area contributed by atoms with E-state index in [-0.39, 0.29) is 18.7 Å². The maximum Gasteiger partial charge on any atom is 0.175 e. The molecule has 0 aliphatic rings. The van der Waals surface area contributed by atoms with Crippen LogP contribution in [0, 0.1) is 0 Å². The van der Waals surface area contributed by atoms with Crippen molar-refractivity contribution in [1.82, 2.24) is 5.32 Å². The summed E-state index contributed by atoms with van der Waals surface area (Å²) in [6.07, 6.45) is 2.88. The van der Waals surface area contributed by atoms with E-state index >= 15 is 0 Å². The van der Waals surface area contributed by atoms with Crippen LogP contribution in [0.15, 0.2) is 29.2 Å². The van der Waals surface area contributed by atoms with Gasteiger partial charge >= 0.3 is 0 Å². The molecule has 4 nitrogen and oxygen atoms in total. The molecule has 2 unspecified atom stereocenters. The first kappa shape index (κ1) is 16.1. The molecule has 1 aromatic rings. The van der Waals surface area contributed by atoms with E-state index in [2.05, 4.69) is 12.2 Å². The predicted molar refractivity (Wildman–Crippen MR) is 76.9 cm³/mol. The Labute approximate surface area is 115 Å². The number of nitrogens with one attached hydrogen (secondary N) is 1. The van der Waals surface area contributed by atoms with Crippen LogP contribution in [0.5, 0.6) is 0 Å². The number of benzene rings is 1. The lowest BCUT2D eigenvalue weighted by atomic mass is 10.1. The van der Waals surface area contributed by atoms with E-state index in [1.54, 1.807) is 12.1 Å². The zero-order chi connectivity index (χ0) is 14.5. The van der Waals surface area contributed by atoms with E-state index in [1.165, 1.54) is 6.26 Å². The summed E-state index contributed by atoms with van der Waals surface area (Å²) in [4.78, 5) is 0.339. The SMILES string of the molecule is CCC(CCO)NC(C)c1ccc(S(C)(=O)=O)cc1. The summed E-state index contributed by atoms with van der Waals surface area (Å²) in [6, 6.07) is 7.34. The van der Waals surface area contributed by atoms with Crippen LogP contribution in [0.25, 0.3) is 0 Å². The molecule has 0 spiro atoms. The largest absolute Gasteiger partial charge is 0.396 e. The molecule has 0 saturated carbocycles. The number of hydrogen-bond donors (Lipinski definition) is 2. The van der Waals surface area contributed by atoms with Crippen LogP contribution in [0.1, 0.15) is 38.3 Å². The highest BCUT2D eigenvalue weighted by Gasteiger charge is 2.12. The Kier molecular flexibility index (Phi) is 5.97. The second kappa shape index (κ2) is 7.03. The average Bonchev–Trinajstić information content (AvgIpc) is 2.37. The Morgan fingerprint density at radius 2 is 1.84 bits per heavy atom. The maximum atomic E-state index is 11.4. The molecular weight excluding hydrogens is 262 g/mol. The molecule has 0 aromatic heterocycles. The summed E-state index contributed by atoms with van der Waals surface area (Å²) in [5.41, 5.74) is 1.05. The molecule has 2 atom stereocenters. The summed E-state index contributed by atoms with van der Waals surface area (Å²) in [5, 5.41) is 12.4. The van der Waals surface area contributed by atoms with Crippen molar-refractivity contribution in [2.24, 2.45) is 0 Å². The molecule has 1 rings (SSSR count). The molecule has 0 amide bonds. The Morgan fingerprint density at radius 3 is 2.26 bits per heavy atom. The standard InChI is InChI=1S/C14H23NO3S/c1-4-13(9-10-16)15-11(2)12-5-7-14(8-6-12)19(3,17)18/h5-8,11,13,15-16H,4,9-10H2,1-3H3. The summed E-state index contributed by atoms with van der Waals surface area (Å²) in [5.74, 6) is 0. The molecule has 108 valence electrons. The molecule has 0 aliphatic heterocycles. The van der Waals surface area contributed by atoms with Crippen LogP contribution < -0.4 is 5.32 Å². The van der Waals surface area contributed by atoms with E-state index in [9.17, 15) is 8.42 Å². The summed E-state index contributed by atoms with van der Waals surface area (Å²) < 4.78 is 22.8. The lowest BCUT2D eigenvalue weighted by Crippen LogP contribution is -2.31. The first-order chi connectivity index (χ1) is 8.88. The third-order valence-corrected chi connectivity index (χ3v) is 4.39. The molecule has 0 radical (unpaired) electrons. The highest BCUT2D eigenvalue weighted by molar-refractivity contribution is 7.90. The highest BCUT2D eigenvalue weighted by Crippen LogP contribution is 2.17. The molecule has 0 fully saturated rings. The van der Waals surface area contributed by atoms with Crippen LogP contribution in [0.4, 0.5) is 0 Å². The zero-order valence-corrected chi connectivity index (χ0v) is 12.6. The average molecular weight is 285 g/mol. The third kappa shape index (κ3) is 4.93. The van der Waals surface area contributed by atoms with Gasteiger partial charge in [-0.1, -0.05) is 19.1 Å². The Morgan fingerprint density at radius 1 is 1.26 bits per heavy atom. The summed E-state index contributed by atoms with van der Waals surface area (Å²) in [6.45, 7) is 4.29. The van der Waals surface area contributed by atoms with Crippen molar-refractivity contribution in [3.63, 3.8) is 0 Å². The Hall–Kier alpha value is -0.910.